The maximum Gasteiger partial charge on any atom is 0.295 e. The maximum absolute atomic E-state index is 12.8. The lowest BCUT2D eigenvalue weighted by molar-refractivity contribution is 0.101. The fourth-order valence-electron chi connectivity index (χ4n) is 3.15. The zero-order chi connectivity index (χ0) is 21.3. The summed E-state index contributed by atoms with van der Waals surface area (Å²) in [5.41, 5.74) is 4.47. The number of nitrogens with one attached hydrogen (secondary N) is 1. The topological polar surface area (TPSA) is 59.8 Å². The van der Waals surface area contributed by atoms with E-state index in [1.807, 2.05) is 56.3 Å². The largest absolute Gasteiger partial charge is 0.319 e. The first-order valence-corrected chi connectivity index (χ1v) is 10.5. The average Bonchev–Trinajstić information content (AvgIpc) is 3.15. The molecule has 4 rings (SSSR count). The second-order valence-electron chi connectivity index (χ2n) is 6.93. The second kappa shape index (κ2) is 8.42. The van der Waals surface area contributed by atoms with Gasteiger partial charge in [-0.25, -0.2) is 9.67 Å². The Morgan fingerprint density at radius 1 is 1.03 bits per heavy atom. The zero-order valence-electron chi connectivity index (χ0n) is 16.4. The van der Waals surface area contributed by atoms with E-state index in [0.29, 0.717) is 16.5 Å². The van der Waals surface area contributed by atoms with E-state index in [9.17, 15) is 4.79 Å². The molecule has 0 unspecified atom stereocenters. The Labute approximate surface area is 187 Å². The number of rotatable bonds is 4. The van der Waals surface area contributed by atoms with Crippen molar-refractivity contribution in [3.63, 3.8) is 0 Å². The van der Waals surface area contributed by atoms with Gasteiger partial charge in [-0.1, -0.05) is 57.4 Å². The summed E-state index contributed by atoms with van der Waals surface area (Å²) in [6, 6.07) is 20.7. The van der Waals surface area contributed by atoms with Crippen LogP contribution in [0.25, 0.3) is 17.1 Å². The highest BCUT2D eigenvalue weighted by Crippen LogP contribution is 2.26. The van der Waals surface area contributed by atoms with Gasteiger partial charge >= 0.3 is 0 Å². The van der Waals surface area contributed by atoms with Gasteiger partial charge in [0.05, 0.1) is 5.69 Å². The van der Waals surface area contributed by atoms with Crippen molar-refractivity contribution in [2.24, 2.45) is 0 Å². The number of aryl methyl sites for hydroxylation is 2. The molecule has 30 heavy (non-hydrogen) atoms. The lowest BCUT2D eigenvalue weighted by atomic mass is 10.1. The molecule has 5 nitrogen and oxygen atoms in total. The Bertz CT molecular complexity index is 1230. The van der Waals surface area contributed by atoms with Gasteiger partial charge in [-0.2, -0.15) is 0 Å². The number of carbonyl (C=O) groups is 1. The van der Waals surface area contributed by atoms with Crippen molar-refractivity contribution in [1.29, 1.82) is 0 Å². The summed E-state index contributed by atoms with van der Waals surface area (Å²) < 4.78 is 2.62. The molecule has 1 heterocycles. The molecule has 0 aliphatic rings. The molecule has 0 bridgehead atoms. The number of hydrogen-bond donors (Lipinski definition) is 1. The van der Waals surface area contributed by atoms with Crippen molar-refractivity contribution < 1.29 is 4.79 Å². The summed E-state index contributed by atoms with van der Waals surface area (Å²) in [6.45, 7) is 4.04. The number of carbonyl (C=O) groups excluding carboxylic acids is 1. The van der Waals surface area contributed by atoms with Gasteiger partial charge in [0.15, 0.2) is 5.82 Å². The van der Waals surface area contributed by atoms with E-state index < -0.39 is 0 Å². The Kier molecular flexibility index (Phi) is 5.70. The fourth-order valence-corrected chi connectivity index (χ4v) is 3.61. The predicted octanol–water partition coefficient (Wildman–Crippen LogP) is 6.22. The number of benzene rings is 3. The van der Waals surface area contributed by atoms with E-state index in [1.165, 1.54) is 0 Å². The lowest BCUT2D eigenvalue weighted by Gasteiger charge is -2.10. The predicted molar refractivity (Wildman–Crippen MR) is 123 cm³/mol. The molecular weight excluding hydrogens is 464 g/mol. The molecule has 0 spiro atoms. The van der Waals surface area contributed by atoms with E-state index in [-0.39, 0.29) is 11.7 Å². The van der Waals surface area contributed by atoms with Crippen molar-refractivity contribution in [2.75, 3.05) is 5.32 Å². The van der Waals surface area contributed by atoms with E-state index >= 15 is 0 Å². The number of anilines is 1. The maximum atomic E-state index is 12.8. The van der Waals surface area contributed by atoms with Crippen LogP contribution in [0.3, 0.4) is 0 Å². The molecule has 0 saturated carbocycles. The summed E-state index contributed by atoms with van der Waals surface area (Å²) in [6.07, 6.45) is 0. The Morgan fingerprint density at radius 2 is 1.80 bits per heavy atom. The fraction of sp³-hybridized carbons (Fsp3) is 0.0870. The van der Waals surface area contributed by atoms with Gasteiger partial charge in [-0.05, 0) is 61.9 Å². The Morgan fingerprint density at radius 3 is 2.50 bits per heavy atom. The van der Waals surface area contributed by atoms with Gasteiger partial charge in [-0.15, -0.1) is 5.10 Å². The van der Waals surface area contributed by atoms with Crippen LogP contribution in [0, 0.1) is 13.8 Å². The molecule has 150 valence electrons. The van der Waals surface area contributed by atoms with Crippen molar-refractivity contribution in [1.82, 2.24) is 14.8 Å². The third-order valence-electron chi connectivity index (χ3n) is 4.58. The third kappa shape index (κ3) is 4.30. The average molecular weight is 482 g/mol. The molecule has 1 aromatic heterocycles. The van der Waals surface area contributed by atoms with E-state index in [2.05, 4.69) is 37.4 Å². The number of nitrogens with zero attached hydrogens (tertiary/aromatic N) is 3. The van der Waals surface area contributed by atoms with Crippen LogP contribution in [0.4, 0.5) is 5.69 Å². The van der Waals surface area contributed by atoms with Gasteiger partial charge in [0.1, 0.15) is 0 Å². The molecule has 0 aliphatic carbocycles. The number of amides is 1. The number of hydrogen-bond acceptors (Lipinski definition) is 3. The molecular formula is C23H18BrClN4O. The highest BCUT2D eigenvalue weighted by atomic mass is 79.9. The monoisotopic (exact) mass is 480 g/mol. The van der Waals surface area contributed by atoms with Gasteiger partial charge in [0, 0.05) is 20.7 Å². The first kappa shape index (κ1) is 20.3. The molecule has 0 radical (unpaired) electrons. The second-order valence-corrected chi connectivity index (χ2v) is 8.28. The van der Waals surface area contributed by atoms with Crippen LogP contribution in [0.2, 0.25) is 5.02 Å². The molecule has 1 N–H and O–H groups in total. The normalized spacial score (nSPS) is 10.8. The van der Waals surface area contributed by atoms with Gasteiger partial charge < -0.3 is 5.32 Å². The summed E-state index contributed by atoms with van der Waals surface area (Å²) in [4.78, 5) is 17.4. The van der Waals surface area contributed by atoms with E-state index in [1.54, 1.807) is 22.9 Å². The summed E-state index contributed by atoms with van der Waals surface area (Å²) in [5.74, 6) is 0.238. The molecule has 7 heteroatoms. The molecule has 0 fully saturated rings. The zero-order valence-corrected chi connectivity index (χ0v) is 18.7. The van der Waals surface area contributed by atoms with Crippen LogP contribution in [0.15, 0.2) is 71.2 Å². The van der Waals surface area contributed by atoms with Crippen LogP contribution in [-0.4, -0.2) is 20.7 Å². The van der Waals surface area contributed by atoms with Crippen molar-refractivity contribution in [3.8, 4) is 17.1 Å². The van der Waals surface area contributed by atoms with E-state index in [0.717, 1.165) is 26.9 Å². The third-order valence-corrected chi connectivity index (χ3v) is 5.34. The van der Waals surface area contributed by atoms with Crippen LogP contribution in [0.5, 0.6) is 0 Å². The number of halogens is 2. The molecule has 1 amide bonds. The van der Waals surface area contributed by atoms with Crippen molar-refractivity contribution in [3.05, 3.63) is 93.2 Å². The van der Waals surface area contributed by atoms with Gasteiger partial charge in [0.25, 0.3) is 5.91 Å². The summed E-state index contributed by atoms with van der Waals surface area (Å²) >= 11 is 9.58. The molecule has 3 aromatic carbocycles. The summed E-state index contributed by atoms with van der Waals surface area (Å²) in [7, 11) is 0. The molecule has 0 atom stereocenters. The highest BCUT2D eigenvalue weighted by molar-refractivity contribution is 9.10. The Balaban J connectivity index is 1.79. The minimum atomic E-state index is -0.385. The smallest absolute Gasteiger partial charge is 0.295 e. The molecule has 4 aromatic rings. The SMILES string of the molecule is Cc1ccc(-n2nc(C(=O)Nc3ccc(Br)cc3)nc2-c2cccc(Cl)c2)c(C)c1. The first-order valence-electron chi connectivity index (χ1n) is 9.28. The van der Waals surface area contributed by atoms with Crippen LogP contribution in [-0.2, 0) is 0 Å². The van der Waals surface area contributed by atoms with Crippen LogP contribution < -0.4 is 5.32 Å². The van der Waals surface area contributed by atoms with E-state index in [4.69, 9.17) is 11.6 Å². The molecule has 0 saturated heterocycles. The minimum absolute atomic E-state index is 0.0767. The van der Waals surface area contributed by atoms with Crippen molar-refractivity contribution in [2.45, 2.75) is 13.8 Å². The minimum Gasteiger partial charge on any atom is -0.319 e. The van der Waals surface area contributed by atoms with Crippen molar-refractivity contribution >= 4 is 39.1 Å². The quantitative estimate of drug-likeness (QED) is 0.376. The van der Waals surface area contributed by atoms with Crippen LogP contribution in [0.1, 0.15) is 21.7 Å². The molecule has 0 aliphatic heterocycles. The summed E-state index contributed by atoms with van der Waals surface area (Å²) in [5, 5.41) is 7.96. The number of aromatic nitrogens is 3. The standard InChI is InChI=1S/C23H18BrClN4O/c1-14-6-11-20(15(2)12-14)29-22(16-4-3-5-18(25)13-16)27-21(28-29)23(30)26-19-9-7-17(24)8-10-19/h3-13H,1-2H3,(H,26,30). The van der Waals surface area contributed by atoms with Gasteiger partial charge in [0.2, 0.25) is 5.82 Å². The first-order chi connectivity index (χ1) is 14.4. The van der Waals surface area contributed by atoms with Crippen LogP contribution >= 0.6 is 27.5 Å². The van der Waals surface area contributed by atoms with Gasteiger partial charge in [-0.3, -0.25) is 4.79 Å². The lowest BCUT2D eigenvalue weighted by Crippen LogP contribution is -2.14. The highest BCUT2D eigenvalue weighted by Gasteiger charge is 2.20. The Hall–Kier alpha value is -2.96.